The van der Waals surface area contributed by atoms with Crippen LogP contribution in [0.5, 0.6) is 0 Å². The predicted molar refractivity (Wildman–Crippen MR) is 67.0 cm³/mol. The number of hydrogen-bond donors (Lipinski definition) is 1. The number of nitrogens with one attached hydrogen (secondary N) is 1. The average Bonchev–Trinajstić information content (AvgIpc) is 2.23. The van der Waals surface area contributed by atoms with E-state index in [4.69, 9.17) is 0 Å². The van der Waals surface area contributed by atoms with Gasteiger partial charge in [0.2, 0.25) is 0 Å². The minimum absolute atomic E-state index is 0.113. The van der Waals surface area contributed by atoms with E-state index >= 15 is 0 Å². The van der Waals surface area contributed by atoms with Gasteiger partial charge in [0.05, 0.1) is 5.54 Å². The quantitative estimate of drug-likeness (QED) is 0.840. The summed E-state index contributed by atoms with van der Waals surface area (Å²) in [6, 6.07) is 8.59. The zero-order valence-electron chi connectivity index (χ0n) is 9.26. The van der Waals surface area contributed by atoms with Crippen LogP contribution in [0, 0.1) is 0 Å². The van der Waals surface area contributed by atoms with Crippen LogP contribution in [0.2, 0.25) is 0 Å². The van der Waals surface area contributed by atoms with Crippen LogP contribution in [0.4, 0.5) is 0 Å². The van der Waals surface area contributed by atoms with Crippen molar-refractivity contribution in [1.29, 1.82) is 0 Å². The zero-order chi connectivity index (χ0) is 10.9. The van der Waals surface area contributed by atoms with Gasteiger partial charge >= 0.3 is 0 Å². The molecule has 1 atom stereocenters. The third-order valence-electron chi connectivity index (χ3n) is 3.38. The van der Waals surface area contributed by atoms with Gasteiger partial charge in [0, 0.05) is 24.1 Å². The van der Waals surface area contributed by atoms with E-state index in [-0.39, 0.29) is 5.54 Å². The van der Waals surface area contributed by atoms with E-state index in [1.807, 2.05) is 0 Å². The molecule has 1 aromatic rings. The molecule has 0 radical (unpaired) electrons. The van der Waals surface area contributed by atoms with E-state index in [0.29, 0.717) is 0 Å². The Morgan fingerprint density at radius 2 is 2.27 bits per heavy atom. The number of piperazine rings is 1. The van der Waals surface area contributed by atoms with Gasteiger partial charge in [-0.2, -0.15) is 0 Å². The first kappa shape index (κ1) is 11.1. The Morgan fingerprint density at radius 1 is 1.47 bits per heavy atom. The highest BCUT2D eigenvalue weighted by atomic mass is 79.9. The fourth-order valence-corrected chi connectivity index (χ4v) is 2.51. The molecule has 1 aliphatic heterocycles. The molecule has 3 heteroatoms. The summed E-state index contributed by atoms with van der Waals surface area (Å²) in [7, 11) is 2.20. The number of hydrogen-bond acceptors (Lipinski definition) is 2. The molecule has 1 aliphatic rings. The van der Waals surface area contributed by atoms with Crippen molar-refractivity contribution in [2.75, 3.05) is 26.7 Å². The molecular formula is C12H17BrN2. The molecule has 0 bridgehead atoms. The molecule has 1 fully saturated rings. The molecule has 82 valence electrons. The first-order chi connectivity index (χ1) is 7.13. The highest BCUT2D eigenvalue weighted by Gasteiger charge is 2.33. The normalized spacial score (nSPS) is 27.9. The number of rotatable bonds is 1. The number of benzene rings is 1. The molecule has 0 spiro atoms. The Bertz CT molecular complexity index is 353. The fourth-order valence-electron chi connectivity index (χ4n) is 2.11. The standard InChI is InChI=1S/C12H17BrN2/c1-12(9-14-6-7-15(12)2)10-4-3-5-11(13)8-10/h3-5,8,14H,6-7,9H2,1-2H3. The number of likely N-dealkylation sites (N-methyl/N-ethyl adjacent to an activating group) is 1. The van der Waals surface area contributed by atoms with E-state index in [2.05, 4.69) is 64.4 Å². The summed E-state index contributed by atoms with van der Waals surface area (Å²) in [4.78, 5) is 2.42. The van der Waals surface area contributed by atoms with Crippen molar-refractivity contribution in [3.05, 3.63) is 34.3 Å². The van der Waals surface area contributed by atoms with Crippen LogP contribution >= 0.6 is 15.9 Å². The lowest BCUT2D eigenvalue weighted by Gasteiger charge is -2.43. The van der Waals surface area contributed by atoms with Gasteiger partial charge in [0.25, 0.3) is 0 Å². The Kier molecular flexibility index (Phi) is 3.14. The van der Waals surface area contributed by atoms with Crippen molar-refractivity contribution in [1.82, 2.24) is 10.2 Å². The predicted octanol–water partition coefficient (Wildman–Crippen LogP) is 2.20. The Labute approximate surface area is 99.8 Å². The second kappa shape index (κ2) is 4.24. The third kappa shape index (κ3) is 2.10. The maximum absolute atomic E-state index is 3.53. The van der Waals surface area contributed by atoms with Gasteiger partial charge in [-0.05, 0) is 31.7 Å². The maximum Gasteiger partial charge on any atom is 0.0555 e. The van der Waals surface area contributed by atoms with Crippen LogP contribution in [0.3, 0.4) is 0 Å². The topological polar surface area (TPSA) is 15.3 Å². The summed E-state index contributed by atoms with van der Waals surface area (Å²) in [5.41, 5.74) is 1.48. The van der Waals surface area contributed by atoms with Crippen molar-refractivity contribution < 1.29 is 0 Å². The summed E-state index contributed by atoms with van der Waals surface area (Å²) in [5, 5.41) is 3.47. The van der Waals surface area contributed by atoms with Gasteiger partial charge in [-0.15, -0.1) is 0 Å². The van der Waals surface area contributed by atoms with Gasteiger partial charge in [0.15, 0.2) is 0 Å². The third-order valence-corrected chi connectivity index (χ3v) is 3.88. The van der Waals surface area contributed by atoms with Crippen molar-refractivity contribution in [3.8, 4) is 0 Å². The first-order valence-electron chi connectivity index (χ1n) is 5.31. The number of halogens is 1. The van der Waals surface area contributed by atoms with Crippen molar-refractivity contribution >= 4 is 15.9 Å². The van der Waals surface area contributed by atoms with Gasteiger partial charge in [-0.1, -0.05) is 28.1 Å². The van der Waals surface area contributed by atoms with E-state index < -0.39 is 0 Å². The molecule has 1 N–H and O–H groups in total. The van der Waals surface area contributed by atoms with Gasteiger partial charge < -0.3 is 5.32 Å². The van der Waals surface area contributed by atoms with Gasteiger partial charge in [-0.3, -0.25) is 4.90 Å². The molecule has 1 unspecified atom stereocenters. The van der Waals surface area contributed by atoms with E-state index in [1.165, 1.54) is 5.56 Å². The van der Waals surface area contributed by atoms with Crippen molar-refractivity contribution in [2.45, 2.75) is 12.5 Å². The molecule has 0 aromatic heterocycles. The largest absolute Gasteiger partial charge is 0.313 e. The second-order valence-electron chi connectivity index (χ2n) is 4.38. The van der Waals surface area contributed by atoms with Crippen LogP contribution in [-0.2, 0) is 5.54 Å². The van der Waals surface area contributed by atoms with Gasteiger partial charge in [-0.25, -0.2) is 0 Å². The first-order valence-corrected chi connectivity index (χ1v) is 6.10. The smallest absolute Gasteiger partial charge is 0.0555 e. The van der Waals surface area contributed by atoms with Gasteiger partial charge in [0.1, 0.15) is 0 Å². The molecule has 2 rings (SSSR count). The molecule has 0 aliphatic carbocycles. The summed E-state index contributed by atoms with van der Waals surface area (Å²) >= 11 is 3.53. The van der Waals surface area contributed by atoms with Crippen LogP contribution in [0.25, 0.3) is 0 Å². The molecule has 15 heavy (non-hydrogen) atoms. The lowest BCUT2D eigenvalue weighted by atomic mass is 9.89. The SMILES string of the molecule is CN1CCNCC1(C)c1cccc(Br)c1. The van der Waals surface area contributed by atoms with Crippen LogP contribution in [-0.4, -0.2) is 31.6 Å². The highest BCUT2D eigenvalue weighted by molar-refractivity contribution is 9.10. The number of nitrogens with zero attached hydrogens (tertiary/aromatic N) is 1. The summed E-state index contributed by atoms with van der Waals surface area (Å²) in [6.07, 6.45) is 0. The Morgan fingerprint density at radius 3 is 2.93 bits per heavy atom. The Hall–Kier alpha value is -0.380. The summed E-state index contributed by atoms with van der Waals surface area (Å²) in [5.74, 6) is 0. The minimum Gasteiger partial charge on any atom is -0.313 e. The van der Waals surface area contributed by atoms with Crippen LogP contribution in [0.15, 0.2) is 28.7 Å². The lowest BCUT2D eigenvalue weighted by molar-refractivity contribution is 0.104. The minimum atomic E-state index is 0.113. The lowest BCUT2D eigenvalue weighted by Crippen LogP contribution is -2.55. The van der Waals surface area contributed by atoms with E-state index in [1.54, 1.807) is 0 Å². The molecule has 0 amide bonds. The summed E-state index contributed by atoms with van der Waals surface area (Å²) < 4.78 is 1.15. The molecule has 2 nitrogen and oxygen atoms in total. The van der Waals surface area contributed by atoms with Crippen LogP contribution < -0.4 is 5.32 Å². The maximum atomic E-state index is 3.53. The van der Waals surface area contributed by atoms with Crippen LogP contribution in [0.1, 0.15) is 12.5 Å². The zero-order valence-corrected chi connectivity index (χ0v) is 10.8. The fraction of sp³-hybridized carbons (Fsp3) is 0.500. The molecule has 1 saturated heterocycles. The second-order valence-corrected chi connectivity index (χ2v) is 5.30. The summed E-state index contributed by atoms with van der Waals surface area (Å²) in [6.45, 7) is 5.49. The van der Waals surface area contributed by atoms with Crippen molar-refractivity contribution in [2.24, 2.45) is 0 Å². The molecular weight excluding hydrogens is 252 g/mol. The van der Waals surface area contributed by atoms with E-state index in [0.717, 1.165) is 24.1 Å². The molecule has 0 saturated carbocycles. The van der Waals surface area contributed by atoms with Crippen molar-refractivity contribution in [3.63, 3.8) is 0 Å². The van der Waals surface area contributed by atoms with E-state index in [9.17, 15) is 0 Å². The monoisotopic (exact) mass is 268 g/mol. The molecule has 1 heterocycles. The highest BCUT2D eigenvalue weighted by Crippen LogP contribution is 2.29. The average molecular weight is 269 g/mol. The Balaban J connectivity index is 2.34. The molecule has 1 aromatic carbocycles.